The van der Waals surface area contributed by atoms with E-state index < -0.39 is 5.97 Å². The van der Waals surface area contributed by atoms with Gasteiger partial charge in [0.05, 0.1) is 26.1 Å². The van der Waals surface area contributed by atoms with Gasteiger partial charge in [-0.25, -0.2) is 4.99 Å². The summed E-state index contributed by atoms with van der Waals surface area (Å²) in [6.45, 7) is 0.263. The van der Waals surface area contributed by atoms with E-state index in [0.717, 1.165) is 5.71 Å². The lowest BCUT2D eigenvalue weighted by Gasteiger charge is -1.97. The Morgan fingerprint density at radius 2 is 1.69 bits per heavy atom. The number of carboxylic acid groups (broad SMARTS) is 1. The molecule has 0 saturated heterocycles. The average molecular weight is 189 g/mol. The molecule has 5 nitrogen and oxygen atoms in total. The molecule has 76 valence electrons. The minimum atomic E-state index is -1.11. The van der Waals surface area contributed by atoms with Crippen LogP contribution < -0.4 is 10.1 Å². The molecule has 0 aliphatic rings. The first-order valence-electron chi connectivity index (χ1n) is 4.20. The van der Waals surface area contributed by atoms with Crippen molar-refractivity contribution in [2.24, 2.45) is 0 Å². The molecule has 0 unspecified atom stereocenters. The molecule has 0 aromatic rings. The van der Waals surface area contributed by atoms with E-state index >= 15 is 0 Å². The Labute approximate surface area is 76.7 Å². The average Bonchev–Trinajstić information content (AvgIpc) is 2.04. The van der Waals surface area contributed by atoms with Crippen LogP contribution in [0.1, 0.15) is 19.3 Å². The largest absolute Gasteiger partial charge is 0.550 e. The van der Waals surface area contributed by atoms with E-state index in [0.29, 0.717) is 12.8 Å². The Bertz CT molecular complexity index is 171. The number of aliphatic hydroxyl groups excluding tert-OH is 2. The Morgan fingerprint density at radius 1 is 1.15 bits per heavy atom. The summed E-state index contributed by atoms with van der Waals surface area (Å²) in [4.78, 5) is 12.9. The fourth-order valence-corrected chi connectivity index (χ4v) is 0.913. The zero-order chi connectivity index (χ0) is 10.1. The fraction of sp³-hybridized carbons (Fsp3) is 0.750. The van der Waals surface area contributed by atoms with Gasteiger partial charge in [-0.3, -0.25) is 0 Å². The molecule has 0 atom stereocenters. The summed E-state index contributed by atoms with van der Waals surface area (Å²) < 4.78 is 0. The van der Waals surface area contributed by atoms with Crippen molar-refractivity contribution < 1.29 is 25.1 Å². The molecule has 0 amide bonds. The molecule has 0 aliphatic heterocycles. The normalized spacial score (nSPS) is 9.69. The summed E-state index contributed by atoms with van der Waals surface area (Å²) in [6, 6.07) is 0. The number of carbonyl (C=O) groups excluding carboxylic acids is 1. The maximum absolute atomic E-state index is 10.0. The lowest BCUT2D eigenvalue weighted by Crippen LogP contribution is -2.74. The lowest BCUT2D eigenvalue weighted by atomic mass is 10.2. The van der Waals surface area contributed by atoms with Gasteiger partial charge in [0.1, 0.15) is 6.54 Å². The molecular formula is C8H15NO4. The minimum Gasteiger partial charge on any atom is -0.550 e. The van der Waals surface area contributed by atoms with E-state index in [1.54, 1.807) is 0 Å². The van der Waals surface area contributed by atoms with Crippen molar-refractivity contribution in [3.05, 3.63) is 0 Å². The van der Waals surface area contributed by atoms with Crippen LogP contribution in [0, 0.1) is 0 Å². The van der Waals surface area contributed by atoms with Crippen LogP contribution in [0.5, 0.6) is 0 Å². The monoisotopic (exact) mass is 189 g/mol. The molecule has 13 heavy (non-hydrogen) atoms. The summed E-state index contributed by atoms with van der Waals surface area (Å²) in [6.07, 6.45) is 0.807. The predicted molar refractivity (Wildman–Crippen MR) is 43.9 cm³/mol. The van der Waals surface area contributed by atoms with Crippen LogP contribution in [-0.4, -0.2) is 41.7 Å². The maximum atomic E-state index is 10.0. The SMILES string of the molecule is O=C([O-])CC[NH+]=C(CCO)CCO. The Hall–Kier alpha value is -0.940. The quantitative estimate of drug-likeness (QED) is 0.361. The van der Waals surface area contributed by atoms with Gasteiger partial charge in [0, 0.05) is 12.4 Å². The van der Waals surface area contributed by atoms with Crippen LogP contribution in [0.15, 0.2) is 0 Å². The molecule has 0 bridgehead atoms. The van der Waals surface area contributed by atoms with Crippen LogP contribution >= 0.6 is 0 Å². The summed E-state index contributed by atoms with van der Waals surface area (Å²) in [5.74, 6) is -1.11. The standard InChI is InChI=1S/C8H15NO4/c10-5-2-7(3-6-11)9-4-1-8(12)13/h10-11H,1-6H2,(H,12,13). The summed E-state index contributed by atoms with van der Waals surface area (Å²) in [5, 5.41) is 27.2. The number of hydrogen-bond acceptors (Lipinski definition) is 4. The van der Waals surface area contributed by atoms with E-state index in [1.807, 2.05) is 0 Å². The van der Waals surface area contributed by atoms with Crippen molar-refractivity contribution in [3.8, 4) is 0 Å². The second-order valence-corrected chi connectivity index (χ2v) is 2.60. The van der Waals surface area contributed by atoms with Crippen LogP contribution in [0.4, 0.5) is 0 Å². The smallest absolute Gasteiger partial charge is 0.155 e. The zero-order valence-electron chi connectivity index (χ0n) is 7.45. The highest BCUT2D eigenvalue weighted by Crippen LogP contribution is 1.83. The molecule has 0 aliphatic carbocycles. The molecule has 0 aromatic heterocycles. The first kappa shape index (κ1) is 12.1. The highest BCUT2D eigenvalue weighted by atomic mass is 16.4. The van der Waals surface area contributed by atoms with Crippen LogP contribution in [0.25, 0.3) is 0 Å². The Kier molecular flexibility index (Phi) is 7.14. The molecule has 0 saturated carbocycles. The number of rotatable bonds is 7. The minimum absolute atomic E-state index is 0.00629. The number of aliphatic hydroxyl groups is 2. The highest BCUT2D eigenvalue weighted by Gasteiger charge is 2.03. The molecule has 0 rings (SSSR count). The molecule has 3 N–H and O–H groups in total. The van der Waals surface area contributed by atoms with E-state index in [2.05, 4.69) is 4.99 Å². The first-order chi connectivity index (χ1) is 6.20. The van der Waals surface area contributed by atoms with E-state index in [1.165, 1.54) is 0 Å². The van der Waals surface area contributed by atoms with Crippen LogP contribution in [0.3, 0.4) is 0 Å². The van der Waals surface area contributed by atoms with Crippen LogP contribution in [0.2, 0.25) is 0 Å². The third-order valence-electron chi connectivity index (χ3n) is 1.53. The van der Waals surface area contributed by atoms with Gasteiger partial charge < -0.3 is 20.1 Å². The molecule has 0 spiro atoms. The van der Waals surface area contributed by atoms with E-state index in [-0.39, 0.29) is 26.2 Å². The van der Waals surface area contributed by atoms with Gasteiger partial charge in [-0.05, 0) is 0 Å². The van der Waals surface area contributed by atoms with Gasteiger partial charge in [-0.1, -0.05) is 0 Å². The van der Waals surface area contributed by atoms with Crippen molar-refractivity contribution in [2.45, 2.75) is 19.3 Å². The fourth-order valence-electron chi connectivity index (χ4n) is 0.913. The molecule has 0 radical (unpaired) electrons. The second-order valence-electron chi connectivity index (χ2n) is 2.60. The third-order valence-corrected chi connectivity index (χ3v) is 1.53. The Morgan fingerprint density at radius 3 is 2.08 bits per heavy atom. The second kappa shape index (κ2) is 7.70. The molecule has 0 heterocycles. The lowest BCUT2D eigenvalue weighted by molar-refractivity contribution is -0.461. The molecule has 0 aromatic carbocycles. The van der Waals surface area contributed by atoms with E-state index in [4.69, 9.17) is 10.2 Å². The Balaban J connectivity index is 3.80. The van der Waals surface area contributed by atoms with Gasteiger partial charge in [0.15, 0.2) is 5.71 Å². The predicted octanol–water partition coefficient (Wildman–Crippen LogP) is -3.59. The van der Waals surface area contributed by atoms with Crippen molar-refractivity contribution in [1.82, 2.24) is 0 Å². The van der Waals surface area contributed by atoms with Crippen molar-refractivity contribution in [3.63, 3.8) is 0 Å². The van der Waals surface area contributed by atoms with Gasteiger partial charge in [-0.2, -0.15) is 0 Å². The highest BCUT2D eigenvalue weighted by molar-refractivity contribution is 5.79. The number of nitrogens with one attached hydrogen (secondary N) is 1. The van der Waals surface area contributed by atoms with Crippen molar-refractivity contribution in [2.75, 3.05) is 19.8 Å². The van der Waals surface area contributed by atoms with Gasteiger partial charge in [0.25, 0.3) is 0 Å². The number of carbonyl (C=O) groups is 1. The number of aliphatic carboxylic acids is 1. The maximum Gasteiger partial charge on any atom is 0.155 e. The summed E-state index contributed by atoms with van der Waals surface area (Å²) >= 11 is 0. The van der Waals surface area contributed by atoms with Gasteiger partial charge in [0.2, 0.25) is 0 Å². The van der Waals surface area contributed by atoms with Gasteiger partial charge in [-0.15, -0.1) is 0 Å². The first-order valence-corrected chi connectivity index (χ1v) is 4.20. The zero-order valence-corrected chi connectivity index (χ0v) is 7.45. The number of carboxylic acids is 1. The van der Waals surface area contributed by atoms with Gasteiger partial charge >= 0.3 is 0 Å². The molecule has 0 fully saturated rings. The summed E-state index contributed by atoms with van der Waals surface area (Å²) in [5.41, 5.74) is 0.770. The van der Waals surface area contributed by atoms with Crippen molar-refractivity contribution in [1.29, 1.82) is 0 Å². The number of hydrogen-bond donors (Lipinski definition) is 3. The third kappa shape index (κ3) is 7.42. The molecular weight excluding hydrogens is 174 g/mol. The topological polar surface area (TPSA) is 94.6 Å². The van der Waals surface area contributed by atoms with Crippen LogP contribution in [-0.2, 0) is 4.79 Å². The van der Waals surface area contributed by atoms with E-state index in [9.17, 15) is 9.90 Å². The molecule has 5 heteroatoms. The summed E-state index contributed by atoms with van der Waals surface area (Å²) in [7, 11) is 0. The van der Waals surface area contributed by atoms with Crippen molar-refractivity contribution >= 4 is 11.7 Å².